The molecule has 1 saturated heterocycles. The van der Waals surface area contributed by atoms with Crippen molar-refractivity contribution in [1.29, 1.82) is 0 Å². The van der Waals surface area contributed by atoms with Gasteiger partial charge in [0.05, 0.1) is 0 Å². The van der Waals surface area contributed by atoms with E-state index in [1.54, 1.807) is 0 Å². The Hall–Kier alpha value is -2.30. The van der Waals surface area contributed by atoms with Crippen LogP contribution in [0, 0.1) is 13.8 Å². The van der Waals surface area contributed by atoms with Gasteiger partial charge in [0.1, 0.15) is 5.69 Å². The summed E-state index contributed by atoms with van der Waals surface area (Å²) in [6, 6.07) is 5.88. The summed E-state index contributed by atoms with van der Waals surface area (Å²) >= 11 is 0. The summed E-state index contributed by atoms with van der Waals surface area (Å²) in [4.78, 5) is 27.0. The summed E-state index contributed by atoms with van der Waals surface area (Å²) in [5, 5.41) is 6.96. The number of aromatic amines is 1. The summed E-state index contributed by atoms with van der Waals surface area (Å²) in [6.45, 7) is 6.04. The molecule has 2 unspecified atom stereocenters. The number of carbonyl (C=O) groups is 2. The van der Waals surface area contributed by atoms with Gasteiger partial charge >= 0.3 is 0 Å². The highest BCUT2D eigenvalue weighted by Gasteiger charge is 2.27. The molecule has 3 rings (SSSR count). The van der Waals surface area contributed by atoms with Crippen molar-refractivity contribution in [3.63, 3.8) is 0 Å². The highest BCUT2D eigenvalue weighted by atomic mass is 16.2. The lowest BCUT2D eigenvalue weighted by Gasteiger charge is -2.30. The molecule has 2 aromatic rings. The summed E-state index contributed by atoms with van der Waals surface area (Å²) in [7, 11) is 0. The number of carbonyl (C=O) groups excluding carboxylic acids is 2. The molecule has 1 fully saturated rings. The molecular weight excluding hydrogens is 278 g/mol. The van der Waals surface area contributed by atoms with Crippen LogP contribution < -0.4 is 10.6 Å². The number of rotatable bonds is 2. The van der Waals surface area contributed by atoms with Crippen molar-refractivity contribution in [2.75, 3.05) is 0 Å². The van der Waals surface area contributed by atoms with Crippen LogP contribution in [0.25, 0.3) is 10.9 Å². The van der Waals surface area contributed by atoms with E-state index < -0.39 is 0 Å². The van der Waals surface area contributed by atoms with Gasteiger partial charge in [-0.3, -0.25) is 9.59 Å². The van der Waals surface area contributed by atoms with Crippen LogP contribution in [-0.2, 0) is 4.79 Å². The highest BCUT2D eigenvalue weighted by Crippen LogP contribution is 2.22. The van der Waals surface area contributed by atoms with Crippen molar-refractivity contribution in [2.45, 2.75) is 45.7 Å². The fourth-order valence-electron chi connectivity index (χ4n) is 2.99. The largest absolute Gasteiger partial charge is 0.352 e. The van der Waals surface area contributed by atoms with Gasteiger partial charge in [0.2, 0.25) is 5.91 Å². The van der Waals surface area contributed by atoms with Crippen molar-refractivity contribution in [3.05, 3.63) is 35.0 Å². The maximum absolute atomic E-state index is 12.5. The predicted octanol–water partition coefficient (Wildman–Crippen LogP) is 2.18. The van der Waals surface area contributed by atoms with Crippen molar-refractivity contribution in [1.82, 2.24) is 15.6 Å². The third-order valence-electron chi connectivity index (χ3n) is 4.58. The minimum absolute atomic E-state index is 0.0283. The van der Waals surface area contributed by atoms with Gasteiger partial charge in [0.15, 0.2) is 0 Å². The molecule has 2 heterocycles. The van der Waals surface area contributed by atoms with Gasteiger partial charge in [-0.05, 0) is 50.5 Å². The van der Waals surface area contributed by atoms with Crippen molar-refractivity contribution < 1.29 is 9.59 Å². The molecule has 3 N–H and O–H groups in total. The molecule has 0 aliphatic carbocycles. The van der Waals surface area contributed by atoms with Gasteiger partial charge in [0.25, 0.3) is 5.91 Å². The van der Waals surface area contributed by atoms with Gasteiger partial charge in [-0.2, -0.15) is 0 Å². The maximum atomic E-state index is 12.5. The molecule has 1 aliphatic rings. The molecule has 0 saturated carbocycles. The second-order valence-corrected chi connectivity index (χ2v) is 6.13. The Morgan fingerprint density at radius 2 is 2.09 bits per heavy atom. The molecule has 1 aromatic carbocycles. The lowest BCUT2D eigenvalue weighted by Crippen LogP contribution is -2.54. The number of benzene rings is 1. The van der Waals surface area contributed by atoms with E-state index in [1.807, 2.05) is 19.1 Å². The number of nitrogens with one attached hydrogen (secondary N) is 3. The number of amides is 2. The first kappa shape index (κ1) is 14.6. The average Bonchev–Trinajstić information content (AvgIpc) is 2.91. The predicted molar refractivity (Wildman–Crippen MR) is 85.9 cm³/mol. The zero-order valence-corrected chi connectivity index (χ0v) is 13.1. The summed E-state index contributed by atoms with van der Waals surface area (Å²) in [5.41, 5.74) is 3.93. The third kappa shape index (κ3) is 2.58. The Bertz CT molecular complexity index is 748. The third-order valence-corrected chi connectivity index (χ3v) is 4.58. The molecule has 0 bridgehead atoms. The van der Waals surface area contributed by atoms with E-state index in [9.17, 15) is 9.59 Å². The van der Waals surface area contributed by atoms with Crippen LogP contribution in [0.1, 0.15) is 41.4 Å². The van der Waals surface area contributed by atoms with Crippen LogP contribution >= 0.6 is 0 Å². The Labute approximate surface area is 129 Å². The molecule has 0 spiro atoms. The second kappa shape index (κ2) is 5.48. The van der Waals surface area contributed by atoms with Gasteiger partial charge in [0, 0.05) is 29.4 Å². The highest BCUT2D eigenvalue weighted by molar-refractivity contribution is 5.99. The van der Waals surface area contributed by atoms with Crippen LogP contribution in [0.3, 0.4) is 0 Å². The first-order valence-corrected chi connectivity index (χ1v) is 7.65. The monoisotopic (exact) mass is 299 g/mol. The second-order valence-electron chi connectivity index (χ2n) is 6.13. The topological polar surface area (TPSA) is 74.0 Å². The molecule has 5 nitrogen and oxygen atoms in total. The number of aryl methyl sites for hydroxylation is 2. The fraction of sp³-hybridized carbons (Fsp3) is 0.412. The van der Waals surface area contributed by atoms with E-state index in [2.05, 4.69) is 35.5 Å². The standard InChI is InChI=1S/C17H21N3O2/c1-9-4-5-14-12(10(9)2)8-15(19-14)17(22)20-13-6-7-16(21)18-11(13)3/h4-5,8,11,13,19H,6-7H2,1-3H3,(H,18,21)(H,20,22). The van der Waals surface area contributed by atoms with Gasteiger partial charge < -0.3 is 15.6 Å². The minimum Gasteiger partial charge on any atom is -0.352 e. The summed E-state index contributed by atoms with van der Waals surface area (Å²) < 4.78 is 0. The van der Waals surface area contributed by atoms with Crippen LogP contribution in [0.2, 0.25) is 0 Å². The van der Waals surface area contributed by atoms with Gasteiger partial charge in [-0.25, -0.2) is 0 Å². The number of H-pyrrole nitrogens is 1. The molecule has 1 aliphatic heterocycles. The minimum atomic E-state index is -0.124. The molecule has 5 heteroatoms. The number of hydrogen-bond donors (Lipinski definition) is 3. The number of aromatic nitrogens is 1. The zero-order chi connectivity index (χ0) is 15.9. The first-order chi connectivity index (χ1) is 10.5. The van der Waals surface area contributed by atoms with E-state index in [4.69, 9.17) is 0 Å². The van der Waals surface area contributed by atoms with Gasteiger partial charge in [-0.1, -0.05) is 6.07 Å². The van der Waals surface area contributed by atoms with Gasteiger partial charge in [-0.15, -0.1) is 0 Å². The van der Waals surface area contributed by atoms with E-state index in [1.165, 1.54) is 11.1 Å². The maximum Gasteiger partial charge on any atom is 0.268 e. The Morgan fingerprint density at radius 3 is 2.82 bits per heavy atom. The van der Waals surface area contributed by atoms with Crippen molar-refractivity contribution in [3.8, 4) is 0 Å². The lowest BCUT2D eigenvalue weighted by molar-refractivity contribution is -0.123. The quantitative estimate of drug-likeness (QED) is 0.795. The Balaban J connectivity index is 1.80. The molecular formula is C17H21N3O2. The first-order valence-electron chi connectivity index (χ1n) is 7.65. The normalized spacial score (nSPS) is 21.7. The van der Waals surface area contributed by atoms with E-state index in [0.717, 1.165) is 10.9 Å². The van der Waals surface area contributed by atoms with Crippen LogP contribution in [0.5, 0.6) is 0 Å². The lowest BCUT2D eigenvalue weighted by atomic mass is 9.99. The fourth-order valence-corrected chi connectivity index (χ4v) is 2.99. The molecule has 2 amide bonds. The van der Waals surface area contributed by atoms with E-state index in [-0.39, 0.29) is 23.9 Å². The van der Waals surface area contributed by atoms with Crippen LogP contribution in [0.4, 0.5) is 0 Å². The number of hydrogen-bond acceptors (Lipinski definition) is 2. The number of piperidine rings is 1. The van der Waals surface area contributed by atoms with Crippen LogP contribution in [-0.4, -0.2) is 28.9 Å². The number of fused-ring (bicyclic) bond motifs is 1. The molecule has 0 radical (unpaired) electrons. The molecule has 1 aromatic heterocycles. The Morgan fingerprint density at radius 1 is 1.32 bits per heavy atom. The molecule has 22 heavy (non-hydrogen) atoms. The summed E-state index contributed by atoms with van der Waals surface area (Å²) in [5.74, 6) is -0.0732. The smallest absolute Gasteiger partial charge is 0.268 e. The Kier molecular flexibility index (Phi) is 3.64. The molecule has 2 atom stereocenters. The summed E-state index contributed by atoms with van der Waals surface area (Å²) in [6.07, 6.45) is 1.14. The van der Waals surface area contributed by atoms with Crippen LogP contribution in [0.15, 0.2) is 18.2 Å². The van der Waals surface area contributed by atoms with E-state index >= 15 is 0 Å². The van der Waals surface area contributed by atoms with E-state index in [0.29, 0.717) is 18.5 Å². The SMILES string of the molecule is Cc1ccc2[nH]c(C(=O)NC3CCC(=O)NC3C)cc2c1C. The molecule has 116 valence electrons. The zero-order valence-electron chi connectivity index (χ0n) is 13.1. The van der Waals surface area contributed by atoms with Crippen molar-refractivity contribution in [2.24, 2.45) is 0 Å². The average molecular weight is 299 g/mol. The van der Waals surface area contributed by atoms with Crippen molar-refractivity contribution >= 4 is 22.7 Å².